The topological polar surface area (TPSA) is 62.7 Å². The van der Waals surface area contributed by atoms with Gasteiger partial charge in [-0.15, -0.1) is 0 Å². The third-order valence-electron chi connectivity index (χ3n) is 15.1. The van der Waals surface area contributed by atoms with Crippen LogP contribution in [0.3, 0.4) is 0 Å². The molecule has 0 aliphatic heterocycles. The maximum atomic E-state index is 6.78. The highest BCUT2D eigenvalue weighted by Gasteiger charge is 2.45. The van der Waals surface area contributed by atoms with E-state index in [9.17, 15) is 0 Å². The first kappa shape index (κ1) is 53.1. The summed E-state index contributed by atoms with van der Waals surface area (Å²) in [6.45, 7) is 27.3. The largest absolute Gasteiger partial charge is 0.489 e. The molecule has 0 N–H and O–H groups in total. The van der Waals surface area contributed by atoms with Crippen molar-refractivity contribution in [2.24, 2.45) is 11.3 Å². The number of rotatable bonds is 20. The molecule has 382 valence electrons. The second-order valence-electron chi connectivity index (χ2n) is 21.5. The molecule has 74 heavy (non-hydrogen) atoms. The van der Waals surface area contributed by atoms with E-state index in [1.54, 1.807) is 12.1 Å². The molecule has 0 amide bonds. The summed E-state index contributed by atoms with van der Waals surface area (Å²) in [5, 5.41) is 0. The molecule has 1 saturated carbocycles. The van der Waals surface area contributed by atoms with E-state index in [0.717, 1.165) is 94.1 Å². The fourth-order valence-corrected chi connectivity index (χ4v) is 11.9. The van der Waals surface area contributed by atoms with Crippen molar-refractivity contribution in [2.75, 3.05) is 6.61 Å². The predicted octanol–water partition coefficient (Wildman–Crippen LogP) is 18.2. The van der Waals surface area contributed by atoms with Crippen LogP contribution in [0.15, 0.2) is 176 Å². The van der Waals surface area contributed by atoms with Crippen LogP contribution < -0.4 is 18.9 Å². The molecule has 7 aromatic rings. The van der Waals surface area contributed by atoms with Gasteiger partial charge in [0.2, 0.25) is 11.8 Å². The van der Waals surface area contributed by atoms with Crippen molar-refractivity contribution in [1.82, 2.24) is 9.97 Å². The zero-order valence-corrected chi connectivity index (χ0v) is 45.6. The summed E-state index contributed by atoms with van der Waals surface area (Å²) in [5.41, 5.74) is 12.3. The summed E-state index contributed by atoms with van der Waals surface area (Å²) in [6.07, 6.45) is 14.1. The van der Waals surface area contributed by atoms with Crippen LogP contribution in [-0.4, -0.2) is 16.6 Å². The lowest BCUT2D eigenvalue weighted by Crippen LogP contribution is -2.41. The third-order valence-corrected chi connectivity index (χ3v) is 15.1. The maximum Gasteiger partial charge on any atom is 0.226 e. The van der Waals surface area contributed by atoms with Gasteiger partial charge in [0.25, 0.3) is 0 Å². The van der Waals surface area contributed by atoms with E-state index in [1.165, 1.54) is 28.7 Å². The van der Waals surface area contributed by atoms with Crippen LogP contribution in [0.1, 0.15) is 130 Å². The Morgan fingerprint density at radius 2 is 1.20 bits per heavy atom. The van der Waals surface area contributed by atoms with Gasteiger partial charge in [0.05, 0.1) is 6.07 Å². The van der Waals surface area contributed by atoms with Crippen molar-refractivity contribution >= 4 is 0 Å². The fourth-order valence-electron chi connectivity index (χ4n) is 11.9. The van der Waals surface area contributed by atoms with Crippen LogP contribution in [-0.2, 0) is 17.4 Å². The quantitative estimate of drug-likeness (QED) is 0.0709. The van der Waals surface area contributed by atoms with Crippen molar-refractivity contribution < 1.29 is 18.9 Å². The third kappa shape index (κ3) is 12.1. The molecule has 1 aliphatic carbocycles. The number of aromatic nitrogens is 2. The average Bonchev–Trinajstić information content (AvgIpc) is 3.38. The van der Waals surface area contributed by atoms with Gasteiger partial charge in [0.1, 0.15) is 36.2 Å². The van der Waals surface area contributed by atoms with Gasteiger partial charge in [0, 0.05) is 16.4 Å². The first-order valence-electron chi connectivity index (χ1n) is 26.7. The zero-order chi connectivity index (χ0) is 52.5. The second kappa shape index (κ2) is 23.4. The van der Waals surface area contributed by atoms with Crippen molar-refractivity contribution in [3.63, 3.8) is 0 Å². The average molecular weight is 985 g/mol. The molecule has 1 aromatic heterocycles. The molecular weight excluding hydrogens is 909 g/mol. The Balaban J connectivity index is 1.08. The summed E-state index contributed by atoms with van der Waals surface area (Å²) in [6, 6.07) is 49.0. The highest BCUT2D eigenvalue weighted by atomic mass is 16.5. The summed E-state index contributed by atoms with van der Waals surface area (Å²) in [5.74, 6) is 5.15. The Hall–Kier alpha value is -7.18. The lowest BCUT2D eigenvalue weighted by molar-refractivity contribution is 0.126. The van der Waals surface area contributed by atoms with Crippen molar-refractivity contribution in [3.05, 3.63) is 226 Å². The predicted molar refractivity (Wildman–Crippen MR) is 305 cm³/mol. The van der Waals surface area contributed by atoms with Crippen molar-refractivity contribution in [2.45, 2.75) is 125 Å². The highest BCUT2D eigenvalue weighted by molar-refractivity contribution is 5.57. The van der Waals surface area contributed by atoms with E-state index >= 15 is 0 Å². The zero-order valence-electron chi connectivity index (χ0n) is 45.6. The van der Waals surface area contributed by atoms with Gasteiger partial charge in [-0.1, -0.05) is 181 Å². The molecule has 6 heteroatoms. The number of hydrogen-bond acceptors (Lipinski definition) is 6. The highest BCUT2D eigenvalue weighted by Crippen LogP contribution is 2.54. The fraction of sp³-hybridized carbons (Fsp3) is 0.324. The Bertz CT molecular complexity index is 3120. The Kier molecular flexibility index (Phi) is 16.8. The van der Waals surface area contributed by atoms with E-state index in [2.05, 4.69) is 172 Å². The number of nitrogens with zero attached hydrogens (tertiary/aromatic N) is 2. The van der Waals surface area contributed by atoms with Crippen LogP contribution in [0.4, 0.5) is 0 Å². The molecule has 3 atom stereocenters. The number of benzene rings is 6. The number of allylic oxidation sites excluding steroid dienone is 3. The minimum Gasteiger partial charge on any atom is -0.489 e. The molecule has 1 heterocycles. The molecule has 0 bridgehead atoms. The standard InChI is InChI=1S/C68H76N2O4/c1-12-22-52(23-13-2)44-71-59-32-28-55(37-48(59)6)67(15-4,36-14-3)56-30-34-61(50(8)39-56)73-63-41-64(70-65(69-63)54-26-20-17-21-27-54)74-62-35-31-58(40-51(62)9)68(43-47(5)42-66(10,11)46-68)57-29-33-60(49(7)38-57)72-45-53-24-18-16-19-25-53/h12-13,16-35,37-41,47H,1,14-15,36,42-46H2,2-11H3/b23-13-,52-22+. The van der Waals surface area contributed by atoms with Crippen LogP contribution in [0, 0.1) is 39.0 Å². The monoisotopic (exact) mass is 985 g/mol. The second-order valence-corrected chi connectivity index (χ2v) is 21.5. The van der Waals surface area contributed by atoms with Gasteiger partial charge in [-0.25, -0.2) is 0 Å². The van der Waals surface area contributed by atoms with E-state index < -0.39 is 0 Å². The molecule has 0 spiro atoms. The van der Waals surface area contributed by atoms with Gasteiger partial charge >= 0.3 is 0 Å². The molecule has 1 fully saturated rings. The van der Waals surface area contributed by atoms with Gasteiger partial charge in [-0.2, -0.15) is 9.97 Å². The van der Waals surface area contributed by atoms with Crippen molar-refractivity contribution in [1.29, 1.82) is 0 Å². The van der Waals surface area contributed by atoms with Crippen LogP contribution >= 0.6 is 0 Å². The van der Waals surface area contributed by atoms with Crippen LogP contribution in [0.25, 0.3) is 11.4 Å². The van der Waals surface area contributed by atoms with Crippen LogP contribution in [0.5, 0.6) is 34.8 Å². The molecule has 6 nitrogen and oxygen atoms in total. The molecule has 6 aromatic carbocycles. The molecule has 1 aliphatic rings. The summed E-state index contributed by atoms with van der Waals surface area (Å²) in [4.78, 5) is 9.94. The minimum atomic E-state index is -0.198. The van der Waals surface area contributed by atoms with Gasteiger partial charge in [-0.05, 0) is 158 Å². The number of hydrogen-bond donors (Lipinski definition) is 0. The van der Waals surface area contributed by atoms with Gasteiger partial charge < -0.3 is 18.9 Å². The van der Waals surface area contributed by atoms with Crippen molar-refractivity contribution in [3.8, 4) is 46.1 Å². The number of aryl methyl sites for hydroxylation is 4. The summed E-state index contributed by atoms with van der Waals surface area (Å²) < 4.78 is 26.2. The smallest absolute Gasteiger partial charge is 0.226 e. The molecule has 8 rings (SSSR count). The van der Waals surface area contributed by atoms with Crippen LogP contribution in [0.2, 0.25) is 0 Å². The molecule has 0 saturated heterocycles. The molecule has 0 radical (unpaired) electrons. The Labute approximate surface area is 442 Å². The SMILES string of the molecule is C=C/C=C(\C=C/C)COc1ccc(C(CC)(CCC)c2ccc(Oc3cc(Oc4ccc(C5(c6ccc(OCc7ccccc7)c(C)c6)CC(C)CC(C)(C)C5)cc4C)nc(-c4ccccc4)n3)c(C)c2)cc1C. The first-order valence-corrected chi connectivity index (χ1v) is 26.7. The normalized spacial score (nSPS) is 17.4. The minimum absolute atomic E-state index is 0.150. The maximum absolute atomic E-state index is 6.78. The Morgan fingerprint density at radius 3 is 1.73 bits per heavy atom. The van der Waals surface area contributed by atoms with E-state index in [0.29, 0.717) is 36.7 Å². The Morgan fingerprint density at radius 1 is 0.662 bits per heavy atom. The van der Waals surface area contributed by atoms with Gasteiger partial charge in [0.15, 0.2) is 5.82 Å². The molecule has 3 unspecified atom stereocenters. The van der Waals surface area contributed by atoms with E-state index in [1.807, 2.05) is 55.5 Å². The number of ether oxygens (including phenoxy) is 4. The lowest BCUT2D eigenvalue weighted by atomic mass is 9.55. The van der Waals surface area contributed by atoms with E-state index in [4.69, 9.17) is 28.9 Å². The summed E-state index contributed by atoms with van der Waals surface area (Å²) >= 11 is 0. The van der Waals surface area contributed by atoms with Gasteiger partial charge in [-0.3, -0.25) is 0 Å². The molecular formula is C68H76N2O4. The first-order chi connectivity index (χ1) is 35.7. The van der Waals surface area contributed by atoms with E-state index in [-0.39, 0.29) is 16.2 Å². The lowest BCUT2D eigenvalue weighted by Gasteiger charge is -2.49. The summed E-state index contributed by atoms with van der Waals surface area (Å²) in [7, 11) is 0.